The summed E-state index contributed by atoms with van der Waals surface area (Å²) in [5, 5.41) is 1.44. The van der Waals surface area contributed by atoms with Gasteiger partial charge in [-0.2, -0.15) is 0 Å². The van der Waals surface area contributed by atoms with Crippen molar-refractivity contribution in [2.24, 2.45) is 0 Å². The highest BCUT2D eigenvalue weighted by Crippen LogP contribution is 2.36. The summed E-state index contributed by atoms with van der Waals surface area (Å²) in [7, 11) is 0. The Labute approximate surface area is 84.1 Å². The third kappa shape index (κ3) is 1.02. The zero-order valence-electron chi connectivity index (χ0n) is 8.51. The van der Waals surface area contributed by atoms with Crippen molar-refractivity contribution in [3.05, 3.63) is 35.5 Å². The van der Waals surface area contributed by atoms with Crippen molar-refractivity contribution >= 4 is 10.9 Å². The van der Waals surface area contributed by atoms with Crippen molar-refractivity contribution in [1.29, 1.82) is 0 Å². The van der Waals surface area contributed by atoms with Gasteiger partial charge in [-0.3, -0.25) is 0 Å². The molecule has 1 heterocycles. The Morgan fingerprint density at radius 3 is 3.07 bits per heavy atom. The molecule has 1 aliphatic rings. The number of aromatic nitrogens is 1. The number of aryl methyl sites for hydroxylation is 1. The summed E-state index contributed by atoms with van der Waals surface area (Å²) in [6.45, 7) is 2.35. The predicted octanol–water partition coefficient (Wildman–Crippen LogP) is 3.61. The van der Waals surface area contributed by atoms with Crippen LogP contribution >= 0.6 is 0 Å². The van der Waals surface area contributed by atoms with E-state index in [-0.39, 0.29) is 0 Å². The van der Waals surface area contributed by atoms with Crippen molar-refractivity contribution < 1.29 is 0 Å². The average molecular weight is 185 g/mol. The number of benzene rings is 1. The SMILES string of the molecule is C[C@@H]1CCCc2[nH]c3ccccc3c21. The summed E-state index contributed by atoms with van der Waals surface area (Å²) in [4.78, 5) is 3.55. The molecule has 14 heavy (non-hydrogen) atoms. The van der Waals surface area contributed by atoms with Gasteiger partial charge in [-0.25, -0.2) is 0 Å². The molecule has 2 aromatic rings. The van der Waals surface area contributed by atoms with Gasteiger partial charge in [0.2, 0.25) is 0 Å². The van der Waals surface area contributed by atoms with Crippen LogP contribution in [0.1, 0.15) is 36.9 Å². The van der Waals surface area contributed by atoms with Gasteiger partial charge in [0, 0.05) is 16.6 Å². The number of aromatic amines is 1. The third-order valence-corrected chi connectivity index (χ3v) is 3.38. The van der Waals surface area contributed by atoms with Crippen LogP contribution in [0.15, 0.2) is 24.3 Å². The van der Waals surface area contributed by atoms with Crippen LogP contribution in [0.3, 0.4) is 0 Å². The molecular formula is C13H15N. The first-order chi connectivity index (χ1) is 6.86. The van der Waals surface area contributed by atoms with Gasteiger partial charge in [0.25, 0.3) is 0 Å². The highest BCUT2D eigenvalue weighted by Gasteiger charge is 2.20. The van der Waals surface area contributed by atoms with Gasteiger partial charge in [0.05, 0.1) is 0 Å². The predicted molar refractivity (Wildman–Crippen MR) is 59.7 cm³/mol. The minimum atomic E-state index is 0.731. The van der Waals surface area contributed by atoms with Crippen molar-refractivity contribution in [3.8, 4) is 0 Å². The quantitative estimate of drug-likeness (QED) is 0.645. The number of rotatable bonds is 0. The molecule has 72 valence electrons. The summed E-state index contributed by atoms with van der Waals surface area (Å²) < 4.78 is 0. The minimum Gasteiger partial charge on any atom is -0.358 e. The molecule has 1 aromatic heterocycles. The second-order valence-electron chi connectivity index (χ2n) is 4.36. The smallest absolute Gasteiger partial charge is 0.0459 e. The van der Waals surface area contributed by atoms with Gasteiger partial charge >= 0.3 is 0 Å². The molecule has 0 amide bonds. The lowest BCUT2D eigenvalue weighted by atomic mass is 9.87. The van der Waals surface area contributed by atoms with Crippen LogP contribution in [0.2, 0.25) is 0 Å². The Morgan fingerprint density at radius 1 is 1.29 bits per heavy atom. The lowest BCUT2D eigenvalue weighted by molar-refractivity contribution is 0.589. The molecular weight excluding hydrogens is 170 g/mol. The summed E-state index contributed by atoms with van der Waals surface area (Å²) in [5.41, 5.74) is 4.36. The molecule has 1 N–H and O–H groups in total. The highest BCUT2D eigenvalue weighted by atomic mass is 14.7. The van der Waals surface area contributed by atoms with E-state index in [0.29, 0.717) is 0 Å². The summed E-state index contributed by atoms with van der Waals surface area (Å²) >= 11 is 0. The van der Waals surface area contributed by atoms with E-state index in [4.69, 9.17) is 0 Å². The van der Waals surface area contributed by atoms with Crippen LogP contribution in [0.25, 0.3) is 10.9 Å². The van der Waals surface area contributed by atoms with Crippen molar-refractivity contribution in [3.63, 3.8) is 0 Å². The fraction of sp³-hybridized carbons (Fsp3) is 0.385. The van der Waals surface area contributed by atoms with E-state index in [1.165, 1.54) is 35.9 Å². The fourth-order valence-electron chi connectivity index (χ4n) is 2.71. The number of hydrogen-bond acceptors (Lipinski definition) is 0. The first kappa shape index (κ1) is 8.10. The van der Waals surface area contributed by atoms with Crippen LogP contribution < -0.4 is 0 Å². The molecule has 3 rings (SSSR count). The molecule has 1 heteroatoms. The molecule has 0 bridgehead atoms. The van der Waals surface area contributed by atoms with E-state index < -0.39 is 0 Å². The van der Waals surface area contributed by atoms with E-state index in [2.05, 4.69) is 36.2 Å². The van der Waals surface area contributed by atoms with Gasteiger partial charge in [-0.1, -0.05) is 25.1 Å². The Balaban J connectivity index is 2.34. The molecule has 0 unspecified atom stereocenters. The number of para-hydroxylation sites is 1. The van der Waals surface area contributed by atoms with E-state index >= 15 is 0 Å². The van der Waals surface area contributed by atoms with Crippen molar-refractivity contribution in [2.75, 3.05) is 0 Å². The summed E-state index contributed by atoms with van der Waals surface area (Å²) in [6, 6.07) is 8.67. The largest absolute Gasteiger partial charge is 0.358 e. The monoisotopic (exact) mass is 185 g/mol. The van der Waals surface area contributed by atoms with E-state index in [1.54, 1.807) is 5.56 Å². The lowest BCUT2D eigenvalue weighted by Crippen LogP contribution is -2.04. The van der Waals surface area contributed by atoms with Crippen LogP contribution in [0.5, 0.6) is 0 Å². The number of nitrogens with one attached hydrogen (secondary N) is 1. The molecule has 0 saturated heterocycles. The normalized spacial score (nSPS) is 21.1. The number of hydrogen-bond donors (Lipinski definition) is 1. The minimum absolute atomic E-state index is 0.731. The first-order valence-corrected chi connectivity index (χ1v) is 5.46. The van der Waals surface area contributed by atoms with Crippen LogP contribution in [-0.2, 0) is 6.42 Å². The standard InChI is InChI=1S/C13H15N/c1-9-5-4-8-12-13(9)10-6-2-3-7-11(10)14-12/h2-3,6-7,9,14H,4-5,8H2,1H3/t9-/m1/s1. The van der Waals surface area contributed by atoms with Crippen molar-refractivity contribution in [2.45, 2.75) is 32.1 Å². The molecule has 0 aliphatic heterocycles. The zero-order chi connectivity index (χ0) is 9.54. The van der Waals surface area contributed by atoms with Crippen LogP contribution in [0.4, 0.5) is 0 Å². The molecule has 1 aliphatic carbocycles. The van der Waals surface area contributed by atoms with Gasteiger partial charge in [0.15, 0.2) is 0 Å². The third-order valence-electron chi connectivity index (χ3n) is 3.38. The first-order valence-electron chi connectivity index (χ1n) is 5.46. The van der Waals surface area contributed by atoms with Crippen LogP contribution in [-0.4, -0.2) is 4.98 Å². The molecule has 0 spiro atoms. The summed E-state index contributed by atoms with van der Waals surface area (Å²) in [5.74, 6) is 0.731. The Hall–Kier alpha value is -1.24. The van der Waals surface area contributed by atoms with E-state index in [9.17, 15) is 0 Å². The Kier molecular flexibility index (Phi) is 1.66. The maximum Gasteiger partial charge on any atom is 0.0459 e. The van der Waals surface area contributed by atoms with E-state index in [1.807, 2.05) is 0 Å². The Bertz CT molecular complexity index is 467. The highest BCUT2D eigenvalue weighted by molar-refractivity contribution is 5.85. The van der Waals surface area contributed by atoms with Crippen molar-refractivity contribution in [1.82, 2.24) is 4.98 Å². The lowest BCUT2D eigenvalue weighted by Gasteiger charge is -2.18. The van der Waals surface area contributed by atoms with Crippen LogP contribution in [0, 0.1) is 0 Å². The maximum atomic E-state index is 3.55. The van der Waals surface area contributed by atoms with Gasteiger partial charge in [-0.05, 0) is 36.8 Å². The van der Waals surface area contributed by atoms with Gasteiger partial charge in [-0.15, -0.1) is 0 Å². The number of H-pyrrole nitrogens is 1. The fourth-order valence-corrected chi connectivity index (χ4v) is 2.71. The molecule has 0 saturated carbocycles. The summed E-state index contributed by atoms with van der Waals surface area (Å²) in [6.07, 6.45) is 3.91. The molecule has 1 atom stereocenters. The van der Waals surface area contributed by atoms with E-state index in [0.717, 1.165) is 5.92 Å². The number of fused-ring (bicyclic) bond motifs is 3. The van der Waals surface area contributed by atoms with Gasteiger partial charge < -0.3 is 4.98 Å². The second-order valence-corrected chi connectivity index (χ2v) is 4.36. The average Bonchev–Trinajstić information content (AvgIpc) is 2.57. The molecule has 1 aromatic carbocycles. The molecule has 0 radical (unpaired) electrons. The molecule has 1 nitrogen and oxygen atoms in total. The second kappa shape index (κ2) is 2.88. The maximum absolute atomic E-state index is 3.55. The zero-order valence-corrected chi connectivity index (χ0v) is 8.51. The topological polar surface area (TPSA) is 15.8 Å². The van der Waals surface area contributed by atoms with Gasteiger partial charge in [0.1, 0.15) is 0 Å². The molecule has 0 fully saturated rings. The Morgan fingerprint density at radius 2 is 2.14 bits per heavy atom.